The fraction of sp³-hybridized carbons (Fsp3) is 0.471. The minimum Gasteiger partial charge on any atom is -0.544 e. The summed E-state index contributed by atoms with van der Waals surface area (Å²) in [4.78, 5) is 0. The maximum Gasteiger partial charge on any atom is 0.250 e. The molecule has 0 fully saturated rings. The van der Waals surface area contributed by atoms with Gasteiger partial charge in [0.25, 0.3) is 0 Å². The number of hydrogen-bond acceptors (Lipinski definition) is 6. The van der Waals surface area contributed by atoms with E-state index < -0.39 is 19.3 Å². The standard InChI is InChI=1S/C34H46O6Si3/c1-32(2,3)43(9,10)40-27-16-11-23(12-17-27)29-22-37-30-21-25(33(4,5)31(38-41-7)39-42-8)15-20-28(30)34(29,35)24-13-18-26(36-6)19-14-24/h11-21,29,31,35H,22H2,1-10H3. The first kappa shape index (κ1) is 33.5. The number of benzene rings is 3. The molecule has 2 unspecified atom stereocenters. The molecule has 1 aliphatic heterocycles. The number of rotatable bonds is 11. The Morgan fingerprint density at radius 2 is 1.47 bits per heavy atom. The second-order valence-corrected chi connectivity index (χ2v) is 19.2. The quantitative estimate of drug-likeness (QED) is 0.174. The highest BCUT2D eigenvalue weighted by atomic mass is 28.4. The summed E-state index contributed by atoms with van der Waals surface area (Å²) in [5, 5.41) is 12.9. The molecular formula is C34H46O6Si3. The molecule has 4 rings (SSSR count). The first-order valence-electron chi connectivity index (χ1n) is 14.8. The Morgan fingerprint density at radius 3 is 2.00 bits per heavy atom. The van der Waals surface area contributed by atoms with Gasteiger partial charge in [0.2, 0.25) is 27.8 Å². The predicted molar refractivity (Wildman–Crippen MR) is 177 cm³/mol. The van der Waals surface area contributed by atoms with Crippen LogP contribution in [0.5, 0.6) is 17.2 Å². The Kier molecular flexibility index (Phi) is 10.0. The van der Waals surface area contributed by atoms with Crippen molar-refractivity contribution >= 4 is 27.8 Å². The van der Waals surface area contributed by atoms with Crippen molar-refractivity contribution in [3.8, 4) is 17.2 Å². The molecule has 4 radical (unpaired) electrons. The molecule has 1 aliphatic rings. The number of fused-ring (bicyclic) bond motifs is 1. The molecule has 0 saturated heterocycles. The molecule has 0 saturated carbocycles. The van der Waals surface area contributed by atoms with Crippen molar-refractivity contribution in [2.45, 2.75) is 89.1 Å². The van der Waals surface area contributed by atoms with Gasteiger partial charge in [0.05, 0.1) is 19.6 Å². The summed E-state index contributed by atoms with van der Waals surface area (Å²) in [7, 11) is 0.277. The lowest BCUT2D eigenvalue weighted by Crippen LogP contribution is -2.44. The molecular weight excluding hydrogens is 589 g/mol. The van der Waals surface area contributed by atoms with Gasteiger partial charge in [-0.2, -0.15) is 0 Å². The molecule has 0 aromatic heterocycles. The average molecular weight is 635 g/mol. The zero-order chi connectivity index (χ0) is 31.6. The highest BCUT2D eigenvalue weighted by molar-refractivity contribution is 6.74. The summed E-state index contributed by atoms with van der Waals surface area (Å²) < 4.78 is 30.4. The number of ether oxygens (including phenoxy) is 2. The Morgan fingerprint density at radius 1 is 0.884 bits per heavy atom. The van der Waals surface area contributed by atoms with Gasteiger partial charge in [-0.3, -0.25) is 0 Å². The smallest absolute Gasteiger partial charge is 0.250 e. The summed E-state index contributed by atoms with van der Waals surface area (Å²) in [6.07, 6.45) is -0.388. The molecule has 2 atom stereocenters. The summed E-state index contributed by atoms with van der Waals surface area (Å²) in [5.41, 5.74) is 1.73. The normalized spacial score (nSPS) is 19.1. The molecule has 0 aliphatic carbocycles. The van der Waals surface area contributed by atoms with Gasteiger partial charge in [-0.25, -0.2) is 0 Å². The lowest BCUT2D eigenvalue weighted by atomic mass is 9.71. The van der Waals surface area contributed by atoms with Crippen LogP contribution in [0.4, 0.5) is 0 Å². The molecule has 1 heterocycles. The molecule has 6 nitrogen and oxygen atoms in total. The molecule has 9 heteroatoms. The van der Waals surface area contributed by atoms with Crippen molar-refractivity contribution in [2.24, 2.45) is 0 Å². The first-order chi connectivity index (χ1) is 20.2. The van der Waals surface area contributed by atoms with Gasteiger partial charge in [-0.05, 0) is 78.2 Å². The van der Waals surface area contributed by atoms with E-state index in [1.54, 1.807) is 7.11 Å². The molecule has 43 heavy (non-hydrogen) atoms. The van der Waals surface area contributed by atoms with Crippen LogP contribution < -0.4 is 13.9 Å². The summed E-state index contributed by atoms with van der Waals surface area (Å²) in [5.74, 6) is 1.90. The van der Waals surface area contributed by atoms with Crippen LogP contribution in [0.1, 0.15) is 62.8 Å². The Hall–Kier alpha value is -2.41. The van der Waals surface area contributed by atoms with Gasteiger partial charge in [0.1, 0.15) is 29.1 Å². The lowest BCUT2D eigenvalue weighted by Gasteiger charge is -2.43. The van der Waals surface area contributed by atoms with Crippen LogP contribution in [0.15, 0.2) is 66.7 Å². The van der Waals surface area contributed by atoms with Gasteiger partial charge >= 0.3 is 0 Å². The summed E-state index contributed by atoms with van der Waals surface area (Å²) >= 11 is 0. The Balaban J connectivity index is 1.77. The van der Waals surface area contributed by atoms with Crippen molar-refractivity contribution < 1.29 is 27.9 Å². The third-order valence-corrected chi connectivity index (χ3v) is 14.3. The molecule has 3 aromatic rings. The second kappa shape index (κ2) is 12.9. The lowest BCUT2D eigenvalue weighted by molar-refractivity contribution is -0.0435. The third kappa shape index (κ3) is 6.67. The van der Waals surface area contributed by atoms with E-state index in [0.29, 0.717) is 31.9 Å². The van der Waals surface area contributed by atoms with E-state index in [0.717, 1.165) is 33.8 Å². The zero-order valence-electron chi connectivity index (χ0n) is 27.2. The molecule has 3 aromatic carbocycles. The highest BCUT2D eigenvalue weighted by Gasteiger charge is 2.47. The SMILES string of the molecule is COc1ccc(C2(O)c3ccc(C(C)(C)C(O[Si]C)O[Si]C)cc3OCC2c2ccc(O[Si](C)(C)C(C)(C)C)cc2)cc1. The van der Waals surface area contributed by atoms with Crippen LogP contribution in [-0.4, -0.2) is 53.0 Å². The van der Waals surface area contributed by atoms with Gasteiger partial charge in [-0.1, -0.05) is 71.0 Å². The van der Waals surface area contributed by atoms with Crippen LogP contribution in [0.2, 0.25) is 31.2 Å². The Labute approximate surface area is 264 Å². The fourth-order valence-corrected chi connectivity index (χ4v) is 7.50. The van der Waals surface area contributed by atoms with E-state index in [4.69, 9.17) is 22.8 Å². The summed E-state index contributed by atoms with van der Waals surface area (Å²) in [6.45, 7) is 19.8. The molecule has 1 N–H and O–H groups in total. The van der Waals surface area contributed by atoms with E-state index in [1.807, 2.05) is 61.6 Å². The minimum absolute atomic E-state index is 0.0980. The third-order valence-electron chi connectivity index (χ3n) is 9.08. The predicted octanol–water partition coefficient (Wildman–Crippen LogP) is 7.46. The van der Waals surface area contributed by atoms with E-state index >= 15 is 0 Å². The van der Waals surface area contributed by atoms with Crippen LogP contribution in [-0.2, 0) is 19.9 Å². The number of aliphatic hydroxyl groups is 1. The Bertz CT molecular complexity index is 1360. The topological polar surface area (TPSA) is 66.4 Å². The van der Waals surface area contributed by atoms with Crippen molar-refractivity contribution in [3.05, 3.63) is 89.0 Å². The minimum atomic E-state index is -1.98. The average Bonchev–Trinajstić information content (AvgIpc) is 2.97. The van der Waals surface area contributed by atoms with Crippen molar-refractivity contribution in [3.63, 3.8) is 0 Å². The maximum absolute atomic E-state index is 12.8. The molecule has 230 valence electrons. The van der Waals surface area contributed by atoms with Gasteiger partial charge in [0.15, 0.2) is 0 Å². The van der Waals surface area contributed by atoms with Gasteiger partial charge < -0.3 is 27.9 Å². The van der Waals surface area contributed by atoms with Crippen molar-refractivity contribution in [2.75, 3.05) is 13.7 Å². The first-order valence-corrected chi connectivity index (χ1v) is 20.5. The van der Waals surface area contributed by atoms with Crippen molar-refractivity contribution in [1.29, 1.82) is 0 Å². The maximum atomic E-state index is 12.8. The van der Waals surface area contributed by atoms with E-state index in [-0.39, 0.29) is 17.2 Å². The van der Waals surface area contributed by atoms with Crippen LogP contribution >= 0.6 is 0 Å². The number of hydrogen-bond donors (Lipinski definition) is 1. The number of methoxy groups -OCH3 is 1. The van der Waals surface area contributed by atoms with Crippen molar-refractivity contribution in [1.82, 2.24) is 0 Å². The van der Waals surface area contributed by atoms with Gasteiger partial charge in [0, 0.05) is 11.0 Å². The molecule has 0 amide bonds. The van der Waals surface area contributed by atoms with E-state index in [2.05, 4.69) is 65.9 Å². The highest BCUT2D eigenvalue weighted by Crippen LogP contribution is 2.51. The van der Waals surface area contributed by atoms with Crippen LogP contribution in [0.3, 0.4) is 0 Å². The zero-order valence-corrected chi connectivity index (χ0v) is 30.2. The molecule has 0 bridgehead atoms. The van der Waals surface area contributed by atoms with Crippen LogP contribution in [0.25, 0.3) is 0 Å². The van der Waals surface area contributed by atoms with E-state index in [9.17, 15) is 5.11 Å². The second-order valence-electron chi connectivity index (χ2n) is 13.2. The van der Waals surface area contributed by atoms with E-state index in [1.165, 1.54) is 0 Å². The van der Waals surface area contributed by atoms with Crippen LogP contribution in [0, 0.1) is 0 Å². The summed E-state index contributed by atoms with van der Waals surface area (Å²) in [6, 6.07) is 21.9. The molecule has 0 spiro atoms. The monoisotopic (exact) mass is 634 g/mol. The fourth-order valence-electron chi connectivity index (χ4n) is 5.26. The largest absolute Gasteiger partial charge is 0.544 e. The van der Waals surface area contributed by atoms with Gasteiger partial charge in [-0.15, -0.1) is 0 Å².